The molecular weight excluding hydrogens is 372 g/mol. The molecule has 0 saturated heterocycles. The first-order valence-corrected chi connectivity index (χ1v) is 10.2. The van der Waals surface area contributed by atoms with Crippen molar-refractivity contribution in [1.82, 2.24) is 15.2 Å². The number of hydrogen-bond donors (Lipinski definition) is 1. The van der Waals surface area contributed by atoms with E-state index >= 15 is 0 Å². The maximum absolute atomic E-state index is 5.35. The van der Waals surface area contributed by atoms with Gasteiger partial charge >= 0.3 is 0 Å². The van der Waals surface area contributed by atoms with Gasteiger partial charge in [-0.1, -0.05) is 26.0 Å². The van der Waals surface area contributed by atoms with Crippen molar-refractivity contribution in [2.45, 2.75) is 38.8 Å². The standard InChI is InChI=1S/C21H32N4O2S/c1-15(26-6)19-24-17(13-28-19)12-25(5)20(22-4)23-14-21(2,3)16-8-10-18(27-7)11-9-16/h8-11,13,15H,12,14H2,1-7H3,(H,22,23). The average Bonchev–Trinajstić information content (AvgIpc) is 3.16. The van der Waals surface area contributed by atoms with Crippen molar-refractivity contribution in [3.63, 3.8) is 0 Å². The van der Waals surface area contributed by atoms with Crippen LogP contribution in [0.4, 0.5) is 0 Å². The number of methoxy groups -OCH3 is 2. The third-order valence-electron chi connectivity index (χ3n) is 4.80. The zero-order valence-corrected chi connectivity index (χ0v) is 18.8. The van der Waals surface area contributed by atoms with Gasteiger partial charge in [0.05, 0.1) is 19.3 Å². The van der Waals surface area contributed by atoms with E-state index in [9.17, 15) is 0 Å². The maximum atomic E-state index is 5.35. The van der Waals surface area contributed by atoms with Gasteiger partial charge < -0.3 is 19.7 Å². The van der Waals surface area contributed by atoms with Crippen molar-refractivity contribution >= 4 is 17.3 Å². The van der Waals surface area contributed by atoms with Crippen LogP contribution in [0.25, 0.3) is 0 Å². The first-order chi connectivity index (χ1) is 13.3. The van der Waals surface area contributed by atoms with E-state index in [1.54, 1.807) is 32.6 Å². The number of ether oxygens (including phenoxy) is 2. The van der Waals surface area contributed by atoms with Crippen molar-refractivity contribution in [2.75, 3.05) is 34.9 Å². The van der Waals surface area contributed by atoms with E-state index in [4.69, 9.17) is 9.47 Å². The highest BCUT2D eigenvalue weighted by Gasteiger charge is 2.22. The Balaban J connectivity index is 1.97. The van der Waals surface area contributed by atoms with Gasteiger partial charge in [-0.25, -0.2) is 4.98 Å². The van der Waals surface area contributed by atoms with Crippen molar-refractivity contribution in [1.29, 1.82) is 0 Å². The quantitative estimate of drug-likeness (QED) is 0.535. The van der Waals surface area contributed by atoms with E-state index in [0.29, 0.717) is 6.54 Å². The number of benzene rings is 1. The number of aromatic nitrogens is 1. The molecule has 154 valence electrons. The lowest BCUT2D eigenvalue weighted by Crippen LogP contribution is -2.44. The summed E-state index contributed by atoms with van der Waals surface area (Å²) < 4.78 is 10.6. The summed E-state index contributed by atoms with van der Waals surface area (Å²) in [6.07, 6.45) is 0.0202. The zero-order valence-electron chi connectivity index (χ0n) is 17.9. The molecule has 28 heavy (non-hydrogen) atoms. The fourth-order valence-electron chi connectivity index (χ4n) is 2.83. The normalized spacial score (nSPS) is 13.3. The molecule has 0 radical (unpaired) electrons. The fourth-order valence-corrected chi connectivity index (χ4v) is 3.67. The Morgan fingerprint density at radius 2 is 1.96 bits per heavy atom. The highest BCUT2D eigenvalue weighted by molar-refractivity contribution is 7.09. The lowest BCUT2D eigenvalue weighted by atomic mass is 9.84. The second kappa shape index (κ2) is 9.89. The Labute approximate surface area is 172 Å². The molecule has 0 spiro atoms. The number of guanidine groups is 1. The molecule has 1 aromatic carbocycles. The van der Waals surface area contributed by atoms with Crippen molar-refractivity contribution in [3.8, 4) is 5.75 Å². The van der Waals surface area contributed by atoms with Gasteiger partial charge in [0.1, 0.15) is 16.9 Å². The van der Waals surface area contributed by atoms with Crippen LogP contribution in [0.5, 0.6) is 5.75 Å². The molecule has 2 aromatic rings. The molecule has 0 bridgehead atoms. The second-order valence-electron chi connectivity index (χ2n) is 7.42. The molecule has 1 atom stereocenters. The predicted molar refractivity (Wildman–Crippen MR) is 116 cm³/mol. The van der Waals surface area contributed by atoms with Gasteiger partial charge in [0.15, 0.2) is 5.96 Å². The van der Waals surface area contributed by atoms with Crippen LogP contribution in [-0.2, 0) is 16.7 Å². The summed E-state index contributed by atoms with van der Waals surface area (Å²) >= 11 is 1.63. The van der Waals surface area contributed by atoms with E-state index in [2.05, 4.69) is 51.6 Å². The van der Waals surface area contributed by atoms with E-state index in [1.807, 2.05) is 26.1 Å². The summed E-state index contributed by atoms with van der Waals surface area (Å²) in [7, 11) is 7.21. The Hall–Kier alpha value is -2.12. The minimum absolute atomic E-state index is 0.0202. The van der Waals surface area contributed by atoms with Gasteiger partial charge in [0.2, 0.25) is 0 Å². The topological polar surface area (TPSA) is 59.0 Å². The Morgan fingerprint density at radius 1 is 1.29 bits per heavy atom. The minimum atomic E-state index is -0.0508. The minimum Gasteiger partial charge on any atom is -0.497 e. The van der Waals surface area contributed by atoms with Crippen molar-refractivity contribution in [3.05, 3.63) is 45.9 Å². The Morgan fingerprint density at radius 3 is 2.54 bits per heavy atom. The molecule has 1 aromatic heterocycles. The molecule has 1 heterocycles. The van der Waals surface area contributed by atoms with Gasteiger partial charge in [-0.05, 0) is 24.6 Å². The third-order valence-corrected chi connectivity index (χ3v) is 5.86. The SMILES string of the molecule is CN=C(NCC(C)(C)c1ccc(OC)cc1)N(C)Cc1csc(C(C)OC)n1. The molecule has 6 nitrogen and oxygen atoms in total. The summed E-state index contributed by atoms with van der Waals surface area (Å²) in [5.41, 5.74) is 2.21. The van der Waals surface area contributed by atoms with Crippen LogP contribution in [0, 0.1) is 0 Å². The summed E-state index contributed by atoms with van der Waals surface area (Å²) in [6, 6.07) is 8.22. The van der Waals surface area contributed by atoms with E-state index in [0.717, 1.165) is 29.0 Å². The molecule has 0 aliphatic heterocycles. The van der Waals surface area contributed by atoms with Crippen LogP contribution in [0.2, 0.25) is 0 Å². The maximum Gasteiger partial charge on any atom is 0.193 e. The first-order valence-electron chi connectivity index (χ1n) is 9.34. The number of thiazole rings is 1. The number of aliphatic imine (C=N–C) groups is 1. The summed E-state index contributed by atoms with van der Waals surface area (Å²) in [4.78, 5) is 11.2. The average molecular weight is 405 g/mol. The molecule has 1 N–H and O–H groups in total. The highest BCUT2D eigenvalue weighted by atomic mass is 32.1. The van der Waals surface area contributed by atoms with Crippen molar-refractivity contribution in [2.24, 2.45) is 4.99 Å². The Kier molecular flexibility index (Phi) is 7.83. The monoisotopic (exact) mass is 404 g/mol. The molecule has 0 saturated carbocycles. The largest absolute Gasteiger partial charge is 0.497 e. The lowest BCUT2D eigenvalue weighted by Gasteiger charge is -2.29. The predicted octanol–water partition coefficient (Wildman–Crippen LogP) is 3.84. The molecular formula is C21H32N4O2S. The summed E-state index contributed by atoms with van der Waals surface area (Å²) in [6.45, 7) is 7.89. The molecule has 1 unspecified atom stereocenters. The highest BCUT2D eigenvalue weighted by Crippen LogP contribution is 2.25. The second-order valence-corrected chi connectivity index (χ2v) is 8.31. The smallest absolute Gasteiger partial charge is 0.193 e. The van der Waals surface area contributed by atoms with Gasteiger partial charge in [-0.15, -0.1) is 11.3 Å². The third kappa shape index (κ3) is 5.69. The van der Waals surface area contributed by atoms with Crippen molar-refractivity contribution < 1.29 is 9.47 Å². The fraction of sp³-hybridized carbons (Fsp3) is 0.524. The molecule has 0 aliphatic carbocycles. The Bertz CT molecular complexity index is 771. The van der Waals surface area contributed by atoms with E-state index in [1.165, 1.54) is 5.56 Å². The number of hydrogen-bond acceptors (Lipinski definition) is 5. The first kappa shape index (κ1) is 22.2. The molecule has 7 heteroatoms. The molecule has 0 aliphatic rings. The van der Waals surface area contributed by atoms with Crippen LogP contribution >= 0.6 is 11.3 Å². The van der Waals surface area contributed by atoms with E-state index < -0.39 is 0 Å². The number of nitrogens with one attached hydrogen (secondary N) is 1. The van der Waals surface area contributed by atoms with Crippen LogP contribution in [-0.4, -0.2) is 50.7 Å². The van der Waals surface area contributed by atoms with Gasteiger partial charge in [-0.2, -0.15) is 0 Å². The van der Waals surface area contributed by atoms with Crippen LogP contribution in [0.1, 0.15) is 43.1 Å². The lowest BCUT2D eigenvalue weighted by molar-refractivity contribution is 0.119. The molecule has 0 fully saturated rings. The molecule has 0 amide bonds. The van der Waals surface area contributed by atoms with Gasteiger partial charge in [-0.3, -0.25) is 4.99 Å². The van der Waals surface area contributed by atoms with E-state index in [-0.39, 0.29) is 11.5 Å². The van der Waals surface area contributed by atoms with Crippen LogP contribution in [0.15, 0.2) is 34.6 Å². The zero-order chi connectivity index (χ0) is 20.7. The summed E-state index contributed by atoms with van der Waals surface area (Å²) in [5, 5.41) is 6.57. The number of nitrogens with zero attached hydrogens (tertiary/aromatic N) is 3. The molecule has 2 rings (SSSR count). The summed E-state index contributed by atoms with van der Waals surface area (Å²) in [5.74, 6) is 1.71. The van der Waals surface area contributed by atoms with Crippen LogP contribution in [0.3, 0.4) is 0 Å². The number of rotatable bonds is 8. The van der Waals surface area contributed by atoms with Gasteiger partial charge in [0.25, 0.3) is 0 Å². The van der Waals surface area contributed by atoms with Gasteiger partial charge in [0, 0.05) is 38.5 Å². The van der Waals surface area contributed by atoms with Crippen LogP contribution < -0.4 is 10.1 Å².